The summed E-state index contributed by atoms with van der Waals surface area (Å²) in [6.07, 6.45) is 0. The second-order valence-corrected chi connectivity index (χ2v) is 8.53. The normalized spacial score (nSPS) is 15.1. The van der Waals surface area contributed by atoms with E-state index < -0.39 is 15.8 Å². The Labute approximate surface area is 166 Å². The van der Waals surface area contributed by atoms with Crippen molar-refractivity contribution in [1.29, 1.82) is 0 Å². The molecular weight excluding hydrogens is 399 g/mol. The van der Waals surface area contributed by atoms with Crippen LogP contribution in [0.5, 0.6) is 0 Å². The Morgan fingerprint density at radius 2 is 1.93 bits per heavy atom. The van der Waals surface area contributed by atoms with Crippen molar-refractivity contribution in [3.05, 3.63) is 65.8 Å². The Balaban J connectivity index is 1.47. The van der Waals surface area contributed by atoms with Gasteiger partial charge in [0.1, 0.15) is 5.82 Å². The maximum absolute atomic E-state index is 13.0. The number of halogens is 1. The first kappa shape index (κ1) is 19.2. The molecule has 1 N–H and O–H groups in total. The maximum atomic E-state index is 13.0. The first-order valence-electron chi connectivity index (χ1n) is 8.80. The van der Waals surface area contributed by atoms with E-state index in [1.54, 1.807) is 31.3 Å². The summed E-state index contributed by atoms with van der Waals surface area (Å²) < 4.78 is 44.7. The Morgan fingerprint density at radius 1 is 1.21 bits per heavy atom. The van der Waals surface area contributed by atoms with E-state index in [1.165, 1.54) is 16.4 Å². The fraction of sp³-hybridized carbons (Fsp3) is 0.211. The highest BCUT2D eigenvalue weighted by atomic mass is 32.2. The van der Waals surface area contributed by atoms with Gasteiger partial charge in [-0.3, -0.25) is 4.79 Å². The highest BCUT2D eigenvalue weighted by Gasteiger charge is 2.40. The third-order valence-electron chi connectivity index (χ3n) is 4.70. The first-order valence-corrected chi connectivity index (χ1v) is 10.2. The van der Waals surface area contributed by atoms with E-state index in [9.17, 15) is 17.6 Å². The van der Waals surface area contributed by atoms with Crippen molar-refractivity contribution in [2.45, 2.75) is 10.8 Å². The summed E-state index contributed by atoms with van der Waals surface area (Å²) in [5.74, 6) is -0.296. The van der Waals surface area contributed by atoms with Crippen LogP contribution in [0.15, 0.2) is 57.9 Å². The standard InChI is InChI=1S/C19H17FN4O4S/c1-21-18(25)13-4-2-3-12(9-13)17-22-19(28-23-17)14-10-24(11-14)29(26,27)16-7-5-15(20)6-8-16/h2-9,14H,10-11H2,1H3,(H,21,25). The molecule has 4 rings (SSSR count). The number of hydrogen-bond acceptors (Lipinski definition) is 6. The number of amides is 1. The fourth-order valence-corrected chi connectivity index (χ4v) is 4.54. The summed E-state index contributed by atoms with van der Waals surface area (Å²) in [6, 6.07) is 11.5. The maximum Gasteiger partial charge on any atom is 0.251 e. The van der Waals surface area contributed by atoms with E-state index in [4.69, 9.17) is 4.52 Å². The third kappa shape index (κ3) is 3.64. The number of nitrogens with one attached hydrogen (secondary N) is 1. The molecule has 0 spiro atoms. The molecule has 1 fully saturated rings. The van der Waals surface area contributed by atoms with Crippen molar-refractivity contribution in [3.63, 3.8) is 0 Å². The molecule has 2 aromatic carbocycles. The van der Waals surface area contributed by atoms with Gasteiger partial charge in [-0.15, -0.1) is 0 Å². The predicted octanol–water partition coefficient (Wildman–Crippen LogP) is 2.02. The summed E-state index contributed by atoms with van der Waals surface area (Å²) in [5, 5.41) is 6.49. The van der Waals surface area contributed by atoms with Gasteiger partial charge in [0, 0.05) is 31.3 Å². The van der Waals surface area contributed by atoms with Gasteiger partial charge in [0.2, 0.25) is 21.7 Å². The molecule has 0 radical (unpaired) electrons. The van der Waals surface area contributed by atoms with E-state index in [1.807, 2.05) is 0 Å². The van der Waals surface area contributed by atoms with Gasteiger partial charge in [-0.05, 0) is 36.4 Å². The number of rotatable bonds is 5. The molecule has 29 heavy (non-hydrogen) atoms. The quantitative estimate of drug-likeness (QED) is 0.682. The number of hydrogen-bond donors (Lipinski definition) is 1. The molecule has 150 valence electrons. The minimum Gasteiger partial charge on any atom is -0.355 e. The second-order valence-electron chi connectivity index (χ2n) is 6.59. The first-order chi connectivity index (χ1) is 13.9. The minimum absolute atomic E-state index is 0.0367. The highest BCUT2D eigenvalue weighted by Crippen LogP contribution is 2.32. The Kier molecular flexibility index (Phi) is 4.89. The Morgan fingerprint density at radius 3 is 2.62 bits per heavy atom. The highest BCUT2D eigenvalue weighted by molar-refractivity contribution is 7.89. The van der Waals surface area contributed by atoms with Crippen molar-refractivity contribution < 1.29 is 22.1 Å². The fourth-order valence-electron chi connectivity index (χ4n) is 3.01. The van der Waals surface area contributed by atoms with E-state index in [0.717, 1.165) is 12.1 Å². The van der Waals surface area contributed by atoms with Crippen LogP contribution >= 0.6 is 0 Å². The van der Waals surface area contributed by atoms with Gasteiger partial charge in [0.15, 0.2) is 0 Å². The monoisotopic (exact) mass is 416 g/mol. The number of aromatic nitrogens is 2. The second kappa shape index (κ2) is 7.37. The van der Waals surface area contributed by atoms with Crippen LogP contribution in [0.3, 0.4) is 0 Å². The molecule has 0 bridgehead atoms. The van der Waals surface area contributed by atoms with Crippen molar-refractivity contribution in [3.8, 4) is 11.4 Å². The van der Waals surface area contributed by atoms with E-state index in [-0.39, 0.29) is 29.8 Å². The number of nitrogens with zero attached hydrogens (tertiary/aromatic N) is 3. The SMILES string of the molecule is CNC(=O)c1cccc(-c2noc(C3CN(S(=O)(=O)c4ccc(F)cc4)C3)n2)c1. The summed E-state index contributed by atoms with van der Waals surface area (Å²) >= 11 is 0. The van der Waals surface area contributed by atoms with E-state index in [2.05, 4.69) is 15.5 Å². The van der Waals surface area contributed by atoms with Crippen LogP contribution in [0, 0.1) is 5.82 Å². The average Bonchev–Trinajstić information content (AvgIpc) is 3.16. The van der Waals surface area contributed by atoms with Crippen molar-refractivity contribution in [1.82, 2.24) is 19.8 Å². The zero-order chi connectivity index (χ0) is 20.6. The van der Waals surface area contributed by atoms with Crippen LogP contribution in [0.1, 0.15) is 22.2 Å². The Hall–Kier alpha value is -3.11. The van der Waals surface area contributed by atoms with Crippen molar-refractivity contribution >= 4 is 15.9 Å². The summed E-state index contributed by atoms with van der Waals surface area (Å²) in [5.41, 5.74) is 1.09. The van der Waals surface area contributed by atoms with Gasteiger partial charge >= 0.3 is 0 Å². The summed E-state index contributed by atoms with van der Waals surface area (Å²) in [6.45, 7) is 0.388. The molecule has 1 saturated heterocycles. The lowest BCUT2D eigenvalue weighted by molar-refractivity contribution is 0.0963. The molecule has 2 heterocycles. The molecule has 10 heteroatoms. The molecule has 8 nitrogen and oxygen atoms in total. The van der Waals surface area contributed by atoms with Gasteiger partial charge in [-0.25, -0.2) is 12.8 Å². The number of carbonyl (C=O) groups is 1. The number of carbonyl (C=O) groups excluding carboxylic acids is 1. The number of benzene rings is 2. The van der Waals surface area contributed by atoms with Gasteiger partial charge < -0.3 is 9.84 Å². The van der Waals surface area contributed by atoms with Crippen molar-refractivity contribution in [2.75, 3.05) is 20.1 Å². The van der Waals surface area contributed by atoms with E-state index in [0.29, 0.717) is 22.8 Å². The van der Waals surface area contributed by atoms with Crippen LogP contribution in [-0.2, 0) is 10.0 Å². The minimum atomic E-state index is -3.69. The lowest BCUT2D eigenvalue weighted by Gasteiger charge is -2.35. The zero-order valence-corrected chi connectivity index (χ0v) is 16.2. The molecule has 1 aliphatic rings. The molecule has 0 atom stereocenters. The van der Waals surface area contributed by atoms with Gasteiger partial charge in [-0.2, -0.15) is 9.29 Å². The lowest BCUT2D eigenvalue weighted by atomic mass is 10.0. The molecule has 1 amide bonds. The zero-order valence-electron chi connectivity index (χ0n) is 15.4. The Bertz CT molecular complexity index is 1150. The lowest BCUT2D eigenvalue weighted by Crippen LogP contribution is -2.48. The molecule has 3 aromatic rings. The van der Waals surface area contributed by atoms with Gasteiger partial charge in [0.25, 0.3) is 5.91 Å². The predicted molar refractivity (Wildman–Crippen MR) is 101 cm³/mol. The van der Waals surface area contributed by atoms with Crippen LogP contribution in [0.25, 0.3) is 11.4 Å². The van der Waals surface area contributed by atoms with Crippen LogP contribution < -0.4 is 5.32 Å². The topological polar surface area (TPSA) is 105 Å². The number of sulfonamides is 1. The molecule has 1 aliphatic heterocycles. The largest absolute Gasteiger partial charge is 0.355 e. The van der Waals surface area contributed by atoms with Crippen molar-refractivity contribution in [2.24, 2.45) is 0 Å². The molecule has 0 aliphatic carbocycles. The third-order valence-corrected chi connectivity index (χ3v) is 6.55. The molecular formula is C19H17FN4O4S. The smallest absolute Gasteiger partial charge is 0.251 e. The average molecular weight is 416 g/mol. The summed E-state index contributed by atoms with van der Waals surface area (Å²) in [4.78, 5) is 16.2. The molecule has 0 unspecified atom stereocenters. The van der Waals surface area contributed by atoms with E-state index >= 15 is 0 Å². The molecule has 0 saturated carbocycles. The summed E-state index contributed by atoms with van der Waals surface area (Å²) in [7, 11) is -2.15. The van der Waals surface area contributed by atoms with Crippen LogP contribution in [0.4, 0.5) is 4.39 Å². The molecule has 1 aromatic heterocycles. The van der Waals surface area contributed by atoms with Crippen LogP contribution in [-0.4, -0.2) is 48.9 Å². The van der Waals surface area contributed by atoms with Gasteiger partial charge in [0.05, 0.1) is 10.8 Å². The van der Waals surface area contributed by atoms with Gasteiger partial charge in [-0.1, -0.05) is 17.3 Å². The van der Waals surface area contributed by atoms with Crippen LogP contribution in [0.2, 0.25) is 0 Å².